The van der Waals surface area contributed by atoms with Gasteiger partial charge >= 0.3 is 0 Å². The number of fused-ring (bicyclic) bond motifs is 1. The van der Waals surface area contributed by atoms with Gasteiger partial charge < -0.3 is 10.1 Å². The minimum absolute atomic E-state index is 0. The molecule has 1 N–H and O–H groups in total. The molecule has 3 aromatic rings. The molecule has 1 aliphatic rings. The van der Waals surface area contributed by atoms with Crippen molar-refractivity contribution in [3.05, 3.63) is 66.0 Å². The first-order valence-electron chi connectivity index (χ1n) is 8.86. The summed E-state index contributed by atoms with van der Waals surface area (Å²) in [5, 5.41) is 4.74. The largest absolute Gasteiger partial charge is 0.381 e. The third kappa shape index (κ3) is 3.69. The van der Waals surface area contributed by atoms with Gasteiger partial charge in [-0.1, -0.05) is 42.5 Å². The van der Waals surface area contributed by atoms with Gasteiger partial charge in [0.15, 0.2) is 0 Å². The van der Waals surface area contributed by atoms with Crippen molar-refractivity contribution in [3.63, 3.8) is 0 Å². The van der Waals surface area contributed by atoms with E-state index in [1.54, 1.807) is 6.33 Å². The SMILES string of the molecule is Cc1cccc2ncnc(NCC3(c4ccccc4)CCOCC3)c12.I. The fourth-order valence-corrected chi connectivity index (χ4v) is 3.79. The molecule has 1 aliphatic heterocycles. The maximum absolute atomic E-state index is 5.63. The van der Waals surface area contributed by atoms with Crippen LogP contribution in [0.5, 0.6) is 0 Å². The predicted octanol–water partition coefficient (Wildman–Crippen LogP) is 4.72. The van der Waals surface area contributed by atoms with Crippen LogP contribution >= 0.6 is 24.0 Å². The van der Waals surface area contributed by atoms with Gasteiger partial charge in [-0.25, -0.2) is 9.97 Å². The van der Waals surface area contributed by atoms with Gasteiger partial charge in [-0.15, -0.1) is 24.0 Å². The summed E-state index contributed by atoms with van der Waals surface area (Å²) in [5.41, 5.74) is 3.64. The molecule has 0 aliphatic carbocycles. The Morgan fingerprint density at radius 1 is 1.00 bits per heavy atom. The number of halogens is 1. The quantitative estimate of drug-likeness (QED) is 0.572. The zero-order valence-corrected chi connectivity index (χ0v) is 17.3. The van der Waals surface area contributed by atoms with Crippen LogP contribution in [0.4, 0.5) is 5.82 Å². The molecule has 0 unspecified atom stereocenters. The van der Waals surface area contributed by atoms with E-state index in [4.69, 9.17) is 4.74 Å². The summed E-state index contributed by atoms with van der Waals surface area (Å²) in [5.74, 6) is 0.921. The van der Waals surface area contributed by atoms with E-state index in [0.717, 1.165) is 49.3 Å². The second-order valence-corrected chi connectivity index (χ2v) is 6.80. The Labute approximate surface area is 171 Å². The molecule has 0 amide bonds. The van der Waals surface area contributed by atoms with Crippen molar-refractivity contribution in [1.82, 2.24) is 9.97 Å². The maximum Gasteiger partial charge on any atom is 0.137 e. The van der Waals surface area contributed by atoms with Gasteiger partial charge in [-0.2, -0.15) is 0 Å². The van der Waals surface area contributed by atoms with Crippen LogP contribution in [-0.4, -0.2) is 29.7 Å². The number of aryl methyl sites for hydroxylation is 1. The molecule has 0 saturated carbocycles. The minimum Gasteiger partial charge on any atom is -0.381 e. The molecule has 0 bridgehead atoms. The van der Waals surface area contributed by atoms with Crippen molar-refractivity contribution < 1.29 is 4.74 Å². The topological polar surface area (TPSA) is 47.0 Å². The van der Waals surface area contributed by atoms with Crippen molar-refractivity contribution in [2.45, 2.75) is 25.2 Å². The minimum atomic E-state index is 0. The second-order valence-electron chi connectivity index (χ2n) is 6.80. The summed E-state index contributed by atoms with van der Waals surface area (Å²) in [4.78, 5) is 8.93. The molecular formula is C21H24IN3O. The monoisotopic (exact) mass is 461 g/mol. The zero-order chi connectivity index (χ0) is 17.1. The lowest BCUT2D eigenvalue weighted by molar-refractivity contribution is 0.0544. The van der Waals surface area contributed by atoms with Crippen LogP contribution in [0, 0.1) is 6.92 Å². The Hall–Kier alpha value is -1.73. The third-order valence-corrected chi connectivity index (χ3v) is 5.30. The number of ether oxygens (including phenoxy) is 1. The summed E-state index contributed by atoms with van der Waals surface area (Å²) in [6.07, 6.45) is 3.68. The molecule has 0 atom stereocenters. The Balaban J connectivity index is 0.00000196. The average Bonchev–Trinajstić information content (AvgIpc) is 2.68. The number of rotatable bonds is 4. The van der Waals surface area contributed by atoms with Crippen LogP contribution < -0.4 is 5.32 Å². The van der Waals surface area contributed by atoms with Crippen LogP contribution in [0.1, 0.15) is 24.0 Å². The van der Waals surface area contributed by atoms with E-state index in [9.17, 15) is 0 Å². The highest BCUT2D eigenvalue weighted by molar-refractivity contribution is 14.0. The summed E-state index contributed by atoms with van der Waals surface area (Å²) >= 11 is 0. The molecule has 2 heterocycles. The number of anilines is 1. The summed E-state index contributed by atoms with van der Waals surface area (Å²) in [6.45, 7) is 4.57. The van der Waals surface area contributed by atoms with E-state index in [-0.39, 0.29) is 29.4 Å². The zero-order valence-electron chi connectivity index (χ0n) is 14.9. The van der Waals surface area contributed by atoms with Gasteiger partial charge in [-0.3, -0.25) is 0 Å². The van der Waals surface area contributed by atoms with Gasteiger partial charge in [0.25, 0.3) is 0 Å². The maximum atomic E-state index is 5.63. The van der Waals surface area contributed by atoms with Crippen molar-refractivity contribution >= 4 is 40.7 Å². The third-order valence-electron chi connectivity index (χ3n) is 5.30. The summed E-state index contributed by atoms with van der Waals surface area (Å²) in [7, 11) is 0. The average molecular weight is 461 g/mol. The van der Waals surface area contributed by atoms with Crippen molar-refractivity contribution in [1.29, 1.82) is 0 Å². The first-order chi connectivity index (χ1) is 12.3. The molecule has 1 fully saturated rings. The van der Waals surface area contributed by atoms with Gasteiger partial charge in [-0.05, 0) is 37.0 Å². The van der Waals surface area contributed by atoms with E-state index in [0.29, 0.717) is 0 Å². The highest BCUT2D eigenvalue weighted by Crippen LogP contribution is 2.35. The second kappa shape index (κ2) is 8.31. The van der Waals surface area contributed by atoms with Crippen LogP contribution in [-0.2, 0) is 10.2 Å². The van der Waals surface area contributed by atoms with Crippen molar-refractivity contribution in [3.8, 4) is 0 Å². The number of aromatic nitrogens is 2. The first-order valence-corrected chi connectivity index (χ1v) is 8.86. The van der Waals surface area contributed by atoms with Crippen molar-refractivity contribution in [2.24, 2.45) is 0 Å². The van der Waals surface area contributed by atoms with Crippen LogP contribution in [0.15, 0.2) is 54.9 Å². The van der Waals surface area contributed by atoms with E-state index < -0.39 is 0 Å². The van der Waals surface area contributed by atoms with E-state index >= 15 is 0 Å². The van der Waals surface area contributed by atoms with E-state index in [2.05, 4.69) is 58.6 Å². The molecule has 0 radical (unpaired) electrons. The molecule has 26 heavy (non-hydrogen) atoms. The Morgan fingerprint density at radius 2 is 1.77 bits per heavy atom. The number of benzene rings is 2. The predicted molar refractivity (Wildman–Crippen MR) is 116 cm³/mol. The fraction of sp³-hybridized carbons (Fsp3) is 0.333. The highest BCUT2D eigenvalue weighted by atomic mass is 127. The normalized spacial score (nSPS) is 16.0. The lowest BCUT2D eigenvalue weighted by atomic mass is 9.74. The molecule has 1 aromatic heterocycles. The van der Waals surface area contributed by atoms with Crippen LogP contribution in [0.2, 0.25) is 0 Å². The highest BCUT2D eigenvalue weighted by Gasteiger charge is 2.34. The number of hydrogen-bond acceptors (Lipinski definition) is 4. The Bertz CT molecular complexity index is 858. The number of hydrogen-bond donors (Lipinski definition) is 1. The van der Waals surface area contributed by atoms with E-state index in [1.807, 2.05) is 12.1 Å². The molecular weight excluding hydrogens is 437 g/mol. The molecule has 5 heteroatoms. The van der Waals surface area contributed by atoms with Gasteiger partial charge in [0.05, 0.1) is 5.52 Å². The molecule has 0 spiro atoms. The lowest BCUT2D eigenvalue weighted by Gasteiger charge is -2.38. The van der Waals surface area contributed by atoms with Crippen molar-refractivity contribution in [2.75, 3.05) is 25.1 Å². The smallest absolute Gasteiger partial charge is 0.137 e. The first kappa shape index (κ1) is 19.0. The van der Waals surface area contributed by atoms with Crippen LogP contribution in [0.25, 0.3) is 10.9 Å². The lowest BCUT2D eigenvalue weighted by Crippen LogP contribution is -2.40. The summed E-state index contributed by atoms with van der Waals surface area (Å²) in [6, 6.07) is 17.0. The van der Waals surface area contributed by atoms with Gasteiger partial charge in [0, 0.05) is 30.6 Å². The van der Waals surface area contributed by atoms with E-state index in [1.165, 1.54) is 11.1 Å². The molecule has 4 rings (SSSR count). The summed E-state index contributed by atoms with van der Waals surface area (Å²) < 4.78 is 5.63. The Morgan fingerprint density at radius 3 is 2.54 bits per heavy atom. The molecule has 1 saturated heterocycles. The standard InChI is InChI=1S/C21H23N3O.HI/c1-16-6-5-9-18-19(16)20(24-15-23-18)22-14-21(10-12-25-13-11-21)17-7-3-2-4-8-17;/h2-9,15H,10-14H2,1H3,(H,22,23,24);1H. The van der Waals surface area contributed by atoms with Crippen LogP contribution in [0.3, 0.4) is 0 Å². The number of nitrogens with one attached hydrogen (secondary N) is 1. The molecule has 136 valence electrons. The van der Waals surface area contributed by atoms with Gasteiger partial charge in [0.2, 0.25) is 0 Å². The fourth-order valence-electron chi connectivity index (χ4n) is 3.79. The molecule has 2 aromatic carbocycles. The number of nitrogens with zero attached hydrogens (tertiary/aromatic N) is 2. The Kier molecular flexibility index (Phi) is 6.09. The van der Waals surface area contributed by atoms with Gasteiger partial charge in [0.1, 0.15) is 12.1 Å². The molecule has 4 nitrogen and oxygen atoms in total.